The Hall–Kier alpha value is -3.39. The van der Waals surface area contributed by atoms with E-state index < -0.39 is 12.1 Å². The molecule has 8 nitrogen and oxygen atoms in total. The first kappa shape index (κ1) is 31.0. The molecule has 4 amide bonds. The molecule has 1 aliphatic heterocycles. The van der Waals surface area contributed by atoms with Crippen molar-refractivity contribution >= 4 is 23.5 Å². The fourth-order valence-electron chi connectivity index (χ4n) is 6.96. The Morgan fingerprint density at radius 3 is 2.37 bits per heavy atom. The van der Waals surface area contributed by atoms with Crippen LogP contribution in [0, 0.1) is 0 Å². The van der Waals surface area contributed by atoms with Gasteiger partial charge in [-0.1, -0.05) is 62.4 Å². The van der Waals surface area contributed by atoms with Gasteiger partial charge in [-0.3, -0.25) is 9.59 Å². The Bertz CT molecular complexity index is 1240. The second kappa shape index (κ2) is 14.9. The van der Waals surface area contributed by atoms with Gasteiger partial charge >= 0.3 is 6.03 Å². The number of aliphatic hydroxyl groups is 1. The highest BCUT2D eigenvalue weighted by atomic mass is 16.3. The highest BCUT2D eigenvalue weighted by Gasteiger charge is 2.29. The van der Waals surface area contributed by atoms with Gasteiger partial charge in [0.25, 0.3) is 5.91 Å². The zero-order valence-electron chi connectivity index (χ0n) is 25.6. The Balaban J connectivity index is 1.35. The number of anilines is 1. The third kappa shape index (κ3) is 8.17. The van der Waals surface area contributed by atoms with Crippen LogP contribution in [0.1, 0.15) is 105 Å². The molecule has 1 saturated heterocycles. The second-order valence-electron chi connectivity index (χ2n) is 12.6. The predicted molar refractivity (Wildman–Crippen MR) is 169 cm³/mol. The van der Waals surface area contributed by atoms with Crippen LogP contribution < -0.4 is 15.5 Å². The lowest BCUT2D eigenvalue weighted by Gasteiger charge is -2.32. The summed E-state index contributed by atoms with van der Waals surface area (Å²) in [6.07, 6.45) is 10.8. The normalized spacial score (nSPS) is 19.3. The number of hydrogen-bond donors (Lipinski definition) is 3. The van der Waals surface area contributed by atoms with Gasteiger partial charge in [-0.05, 0) is 80.7 Å². The van der Waals surface area contributed by atoms with E-state index >= 15 is 0 Å². The number of likely N-dealkylation sites (N-methyl/N-ethyl adjacent to an activating group) is 1. The fourth-order valence-corrected chi connectivity index (χ4v) is 6.96. The van der Waals surface area contributed by atoms with E-state index in [1.807, 2.05) is 49.4 Å². The molecular weight excluding hydrogens is 540 g/mol. The molecule has 2 saturated carbocycles. The number of amides is 4. The topological polar surface area (TPSA) is 102 Å². The Morgan fingerprint density at radius 1 is 0.977 bits per heavy atom. The summed E-state index contributed by atoms with van der Waals surface area (Å²) < 4.78 is 0. The highest BCUT2D eigenvalue weighted by Crippen LogP contribution is 2.37. The van der Waals surface area contributed by atoms with Crippen LogP contribution in [-0.4, -0.2) is 65.7 Å². The largest absolute Gasteiger partial charge is 0.389 e. The van der Waals surface area contributed by atoms with Crippen molar-refractivity contribution in [2.45, 2.75) is 108 Å². The van der Waals surface area contributed by atoms with E-state index in [4.69, 9.17) is 0 Å². The van der Waals surface area contributed by atoms with Gasteiger partial charge < -0.3 is 25.5 Å². The summed E-state index contributed by atoms with van der Waals surface area (Å²) in [6.45, 7) is 3.15. The van der Waals surface area contributed by atoms with Crippen molar-refractivity contribution in [3.63, 3.8) is 0 Å². The molecule has 0 aromatic heterocycles. The van der Waals surface area contributed by atoms with Crippen LogP contribution in [0.25, 0.3) is 0 Å². The standard InChI is InChI=1S/C35H48N4O4/c1-2-38(35(43)36-29-16-7-4-8-17-29)24-32(40)31(20-25-12-5-3-6-13-25)37-34(42)28-21-27(26-14-9-10-15-26)22-30(23-28)39-19-11-18-33(39)41/h3,5-6,12-13,21-23,26,29,31-32,40H,2,4,7-11,14-20,24H2,1H3,(H,36,43)(H,37,42)/t31-,32-/m0/s1. The Labute approximate surface area is 256 Å². The highest BCUT2D eigenvalue weighted by molar-refractivity contribution is 5.99. The summed E-state index contributed by atoms with van der Waals surface area (Å²) in [5.41, 5.74) is 3.39. The second-order valence-corrected chi connectivity index (χ2v) is 12.6. The third-order valence-electron chi connectivity index (χ3n) is 9.50. The van der Waals surface area contributed by atoms with E-state index in [0.717, 1.165) is 61.8 Å². The first-order chi connectivity index (χ1) is 20.9. The minimum Gasteiger partial charge on any atom is -0.389 e. The van der Waals surface area contributed by atoms with E-state index in [9.17, 15) is 19.5 Å². The van der Waals surface area contributed by atoms with E-state index in [2.05, 4.69) is 16.7 Å². The predicted octanol–water partition coefficient (Wildman–Crippen LogP) is 5.54. The molecule has 3 aliphatic rings. The van der Waals surface area contributed by atoms with Gasteiger partial charge in [-0.15, -0.1) is 0 Å². The molecule has 2 atom stereocenters. The first-order valence-corrected chi connectivity index (χ1v) is 16.4. The Morgan fingerprint density at radius 2 is 1.70 bits per heavy atom. The summed E-state index contributed by atoms with van der Waals surface area (Å²) in [7, 11) is 0. The molecule has 0 spiro atoms. The number of hydrogen-bond acceptors (Lipinski definition) is 4. The number of aliphatic hydroxyl groups excluding tert-OH is 1. The molecule has 3 N–H and O–H groups in total. The van der Waals surface area contributed by atoms with Crippen LogP contribution in [0.15, 0.2) is 48.5 Å². The van der Waals surface area contributed by atoms with Crippen LogP contribution in [0.3, 0.4) is 0 Å². The Kier molecular flexibility index (Phi) is 10.7. The van der Waals surface area contributed by atoms with Gasteiger partial charge in [0.15, 0.2) is 0 Å². The van der Waals surface area contributed by atoms with Crippen molar-refractivity contribution in [3.8, 4) is 0 Å². The zero-order valence-corrected chi connectivity index (χ0v) is 25.6. The van der Waals surface area contributed by atoms with Crippen molar-refractivity contribution in [3.05, 3.63) is 65.2 Å². The molecule has 2 aliphatic carbocycles. The summed E-state index contributed by atoms with van der Waals surface area (Å²) in [5, 5.41) is 17.8. The lowest BCUT2D eigenvalue weighted by molar-refractivity contribution is -0.117. The molecule has 5 rings (SSSR count). The summed E-state index contributed by atoms with van der Waals surface area (Å²) >= 11 is 0. The monoisotopic (exact) mass is 588 g/mol. The average Bonchev–Trinajstić information content (AvgIpc) is 3.72. The molecule has 232 valence electrons. The van der Waals surface area contributed by atoms with E-state index in [-0.39, 0.29) is 30.4 Å². The van der Waals surface area contributed by atoms with E-state index in [1.54, 1.807) is 9.80 Å². The smallest absolute Gasteiger partial charge is 0.317 e. The van der Waals surface area contributed by atoms with Crippen molar-refractivity contribution in [2.75, 3.05) is 24.5 Å². The minimum atomic E-state index is -0.973. The van der Waals surface area contributed by atoms with Gasteiger partial charge in [0, 0.05) is 36.8 Å². The maximum absolute atomic E-state index is 13.9. The molecule has 1 heterocycles. The van der Waals surface area contributed by atoms with Crippen LogP contribution in [0.5, 0.6) is 0 Å². The van der Waals surface area contributed by atoms with Gasteiger partial charge in [0.2, 0.25) is 5.91 Å². The van der Waals surface area contributed by atoms with Crippen LogP contribution >= 0.6 is 0 Å². The van der Waals surface area contributed by atoms with Crippen LogP contribution in [0.2, 0.25) is 0 Å². The summed E-state index contributed by atoms with van der Waals surface area (Å²) in [6, 6.07) is 15.1. The lowest BCUT2D eigenvalue weighted by atomic mass is 9.94. The molecular formula is C35H48N4O4. The summed E-state index contributed by atoms with van der Waals surface area (Å²) in [4.78, 5) is 43.1. The number of nitrogens with one attached hydrogen (secondary N) is 2. The number of rotatable bonds is 11. The van der Waals surface area contributed by atoms with Gasteiger partial charge in [-0.25, -0.2) is 4.79 Å². The quantitative estimate of drug-likeness (QED) is 0.321. The van der Waals surface area contributed by atoms with Crippen molar-refractivity contribution in [1.82, 2.24) is 15.5 Å². The van der Waals surface area contributed by atoms with Gasteiger partial charge in [0.05, 0.1) is 18.7 Å². The average molecular weight is 589 g/mol. The fraction of sp³-hybridized carbons (Fsp3) is 0.571. The van der Waals surface area contributed by atoms with Crippen LogP contribution in [0.4, 0.5) is 10.5 Å². The van der Waals surface area contributed by atoms with E-state index in [1.165, 1.54) is 19.3 Å². The van der Waals surface area contributed by atoms with Gasteiger partial charge in [0.1, 0.15) is 0 Å². The third-order valence-corrected chi connectivity index (χ3v) is 9.50. The van der Waals surface area contributed by atoms with Crippen molar-refractivity contribution < 1.29 is 19.5 Å². The van der Waals surface area contributed by atoms with E-state index in [0.29, 0.717) is 37.4 Å². The first-order valence-electron chi connectivity index (χ1n) is 16.4. The maximum Gasteiger partial charge on any atom is 0.317 e. The molecule has 0 radical (unpaired) electrons. The lowest BCUT2D eigenvalue weighted by Crippen LogP contribution is -2.53. The minimum absolute atomic E-state index is 0.0958. The number of benzene rings is 2. The number of carbonyl (C=O) groups is 3. The molecule has 0 unspecified atom stereocenters. The van der Waals surface area contributed by atoms with Crippen molar-refractivity contribution in [2.24, 2.45) is 0 Å². The molecule has 2 aromatic carbocycles. The number of urea groups is 1. The maximum atomic E-state index is 13.9. The number of nitrogens with zero attached hydrogens (tertiary/aromatic N) is 2. The SMILES string of the molecule is CCN(C[C@H](O)[C@H](Cc1ccccc1)NC(=O)c1cc(C2CCCC2)cc(N2CCCC2=O)c1)C(=O)NC1CCCCC1. The number of carbonyl (C=O) groups excluding carboxylic acids is 3. The molecule has 8 heteroatoms. The van der Waals surface area contributed by atoms with Crippen LogP contribution in [-0.2, 0) is 11.2 Å². The van der Waals surface area contributed by atoms with Crippen molar-refractivity contribution in [1.29, 1.82) is 0 Å². The summed E-state index contributed by atoms with van der Waals surface area (Å²) in [5.74, 6) is 0.205. The van der Waals surface area contributed by atoms with Gasteiger partial charge in [-0.2, -0.15) is 0 Å². The molecule has 43 heavy (non-hydrogen) atoms. The molecule has 3 fully saturated rings. The molecule has 0 bridgehead atoms. The zero-order chi connectivity index (χ0) is 30.2. The molecule has 2 aromatic rings.